The molecule has 0 unspecified atom stereocenters. The van der Waals surface area contributed by atoms with Crippen molar-refractivity contribution in [2.24, 2.45) is 0 Å². The molecule has 1 N–H and O–H groups in total. The maximum Gasteiger partial charge on any atom is 0.340 e. The van der Waals surface area contributed by atoms with Crippen LogP contribution < -0.4 is 5.32 Å². The summed E-state index contributed by atoms with van der Waals surface area (Å²) in [5, 5.41) is 2.41. The van der Waals surface area contributed by atoms with Gasteiger partial charge in [-0.25, -0.2) is 9.18 Å². The number of carbonyl (C=O) groups is 2. The van der Waals surface area contributed by atoms with E-state index in [9.17, 15) is 14.0 Å². The highest BCUT2D eigenvalue weighted by atomic mass is 127. The van der Waals surface area contributed by atoms with Crippen molar-refractivity contribution in [3.8, 4) is 0 Å². The molecular formula is C13H9FINO4. The first-order chi connectivity index (χ1) is 9.54. The number of benzene rings is 1. The minimum Gasteiger partial charge on any atom is -0.472 e. The number of furan rings is 1. The van der Waals surface area contributed by atoms with Gasteiger partial charge in [-0.1, -0.05) is 0 Å². The molecule has 1 amide bonds. The molecule has 7 heteroatoms. The standard InChI is InChI=1S/C13H9FINO4/c1-19-13(18)8-2-3-9(15)11(10(8)14)16-12(17)7-4-5-20-6-7/h2-6H,1H3,(H,16,17). The molecule has 1 heterocycles. The van der Waals surface area contributed by atoms with Crippen LogP contribution in [0.1, 0.15) is 20.7 Å². The zero-order chi connectivity index (χ0) is 14.7. The van der Waals surface area contributed by atoms with Gasteiger partial charge < -0.3 is 14.5 Å². The monoisotopic (exact) mass is 389 g/mol. The summed E-state index contributed by atoms with van der Waals surface area (Å²) >= 11 is 1.86. The minimum atomic E-state index is -0.833. The second-order valence-electron chi connectivity index (χ2n) is 3.74. The van der Waals surface area contributed by atoms with Crippen LogP contribution in [0.15, 0.2) is 35.1 Å². The second-order valence-corrected chi connectivity index (χ2v) is 4.90. The van der Waals surface area contributed by atoms with Gasteiger partial charge in [-0.2, -0.15) is 0 Å². The molecule has 0 spiro atoms. The normalized spacial score (nSPS) is 10.2. The van der Waals surface area contributed by atoms with E-state index in [1.807, 2.05) is 22.6 Å². The van der Waals surface area contributed by atoms with E-state index in [1.165, 1.54) is 30.7 Å². The van der Waals surface area contributed by atoms with Gasteiger partial charge in [0.2, 0.25) is 0 Å². The lowest BCUT2D eigenvalue weighted by atomic mass is 10.1. The van der Waals surface area contributed by atoms with Crippen LogP contribution in [0.3, 0.4) is 0 Å². The van der Waals surface area contributed by atoms with Gasteiger partial charge in [0.1, 0.15) is 6.26 Å². The second kappa shape index (κ2) is 6.04. The Morgan fingerprint density at radius 1 is 1.35 bits per heavy atom. The molecule has 2 aromatic rings. The quantitative estimate of drug-likeness (QED) is 0.647. The van der Waals surface area contributed by atoms with Crippen LogP contribution in [0, 0.1) is 9.39 Å². The molecule has 0 bridgehead atoms. The van der Waals surface area contributed by atoms with Crippen LogP contribution in [-0.4, -0.2) is 19.0 Å². The fourth-order valence-electron chi connectivity index (χ4n) is 1.51. The third-order valence-corrected chi connectivity index (χ3v) is 3.42. The molecule has 5 nitrogen and oxygen atoms in total. The summed E-state index contributed by atoms with van der Waals surface area (Å²) in [6.45, 7) is 0. The van der Waals surface area contributed by atoms with Crippen molar-refractivity contribution in [3.05, 3.63) is 51.2 Å². The zero-order valence-electron chi connectivity index (χ0n) is 10.3. The highest BCUT2D eigenvalue weighted by molar-refractivity contribution is 14.1. The molecular weight excluding hydrogens is 380 g/mol. The molecule has 0 atom stereocenters. The summed E-state index contributed by atoms with van der Waals surface area (Å²) in [6, 6.07) is 4.27. The van der Waals surface area contributed by atoms with Gasteiger partial charge in [0.05, 0.1) is 30.2 Å². The smallest absolute Gasteiger partial charge is 0.340 e. The number of anilines is 1. The summed E-state index contributed by atoms with van der Waals surface area (Å²) in [7, 11) is 1.16. The molecule has 0 aliphatic carbocycles. The Labute approximate surface area is 127 Å². The number of hydrogen-bond acceptors (Lipinski definition) is 4. The number of carbonyl (C=O) groups excluding carboxylic acids is 2. The number of esters is 1. The van der Waals surface area contributed by atoms with Crippen molar-refractivity contribution < 1.29 is 23.1 Å². The van der Waals surface area contributed by atoms with E-state index in [2.05, 4.69) is 10.1 Å². The first-order valence-corrected chi connectivity index (χ1v) is 6.52. The van der Waals surface area contributed by atoms with Gasteiger partial charge >= 0.3 is 5.97 Å². The van der Waals surface area contributed by atoms with E-state index in [4.69, 9.17) is 4.42 Å². The highest BCUT2D eigenvalue weighted by Gasteiger charge is 2.20. The largest absolute Gasteiger partial charge is 0.472 e. The van der Waals surface area contributed by atoms with Gasteiger partial charge in [-0.05, 0) is 40.8 Å². The predicted octanol–water partition coefficient (Wildman–Crippen LogP) is 3.06. The van der Waals surface area contributed by atoms with Gasteiger partial charge in [0.15, 0.2) is 5.82 Å². The predicted molar refractivity (Wildman–Crippen MR) is 77.1 cm³/mol. The van der Waals surface area contributed by atoms with Crippen LogP contribution in [0.2, 0.25) is 0 Å². The molecule has 1 aromatic heterocycles. The lowest BCUT2D eigenvalue weighted by Gasteiger charge is -2.10. The lowest BCUT2D eigenvalue weighted by molar-refractivity contribution is 0.0595. The van der Waals surface area contributed by atoms with Crippen LogP contribution >= 0.6 is 22.6 Å². The van der Waals surface area contributed by atoms with Gasteiger partial charge in [0, 0.05) is 3.57 Å². The third kappa shape index (κ3) is 2.82. The average molecular weight is 389 g/mol. The average Bonchev–Trinajstić information content (AvgIpc) is 2.96. The Bertz CT molecular complexity index is 655. The summed E-state index contributed by atoms with van der Waals surface area (Å²) in [5.74, 6) is -2.17. The van der Waals surface area contributed by atoms with E-state index in [0.29, 0.717) is 3.57 Å². The SMILES string of the molecule is COC(=O)c1ccc(I)c(NC(=O)c2ccoc2)c1F. The minimum absolute atomic E-state index is 0.0697. The van der Waals surface area contributed by atoms with Crippen molar-refractivity contribution in [2.75, 3.05) is 12.4 Å². The van der Waals surface area contributed by atoms with Crippen LogP contribution in [-0.2, 0) is 4.74 Å². The molecule has 0 fully saturated rings. The fourth-order valence-corrected chi connectivity index (χ4v) is 2.07. The Hall–Kier alpha value is -1.90. The number of ether oxygens (including phenoxy) is 1. The van der Waals surface area contributed by atoms with Crippen molar-refractivity contribution >= 4 is 40.2 Å². The number of nitrogens with one attached hydrogen (secondary N) is 1. The fraction of sp³-hybridized carbons (Fsp3) is 0.0769. The molecule has 2 rings (SSSR count). The summed E-state index contributed by atoms with van der Waals surface area (Å²) in [6.07, 6.45) is 2.57. The number of hydrogen-bond donors (Lipinski definition) is 1. The van der Waals surface area contributed by atoms with Crippen LogP contribution in [0.4, 0.5) is 10.1 Å². The summed E-state index contributed by atoms with van der Waals surface area (Å²) in [5.41, 5.74) is -0.0567. The summed E-state index contributed by atoms with van der Waals surface area (Å²) < 4.78 is 24.0. The van der Waals surface area contributed by atoms with Gasteiger partial charge in [-0.3, -0.25) is 4.79 Å². The summed E-state index contributed by atoms with van der Waals surface area (Å²) in [4.78, 5) is 23.3. The first kappa shape index (κ1) is 14.5. The van der Waals surface area contributed by atoms with E-state index in [1.54, 1.807) is 0 Å². The van der Waals surface area contributed by atoms with Gasteiger partial charge in [0.25, 0.3) is 5.91 Å². The first-order valence-electron chi connectivity index (χ1n) is 5.44. The highest BCUT2D eigenvalue weighted by Crippen LogP contribution is 2.26. The van der Waals surface area contributed by atoms with Crippen LogP contribution in [0.25, 0.3) is 0 Å². The maximum atomic E-state index is 14.2. The Morgan fingerprint density at radius 3 is 2.70 bits per heavy atom. The number of halogens is 2. The maximum absolute atomic E-state index is 14.2. The van der Waals surface area contributed by atoms with Crippen molar-refractivity contribution in [2.45, 2.75) is 0 Å². The molecule has 0 saturated carbocycles. The Morgan fingerprint density at radius 2 is 2.10 bits per heavy atom. The molecule has 0 radical (unpaired) electrons. The molecule has 104 valence electrons. The van der Waals surface area contributed by atoms with E-state index in [-0.39, 0.29) is 16.8 Å². The molecule has 1 aromatic carbocycles. The van der Waals surface area contributed by atoms with Crippen LogP contribution in [0.5, 0.6) is 0 Å². The molecule has 0 aliphatic heterocycles. The number of methoxy groups -OCH3 is 1. The Kier molecular flexibility index (Phi) is 4.38. The van der Waals surface area contributed by atoms with E-state index >= 15 is 0 Å². The molecule has 20 heavy (non-hydrogen) atoms. The molecule has 0 saturated heterocycles. The van der Waals surface area contributed by atoms with E-state index < -0.39 is 17.7 Å². The number of amides is 1. The Balaban J connectivity index is 2.36. The van der Waals surface area contributed by atoms with Crippen molar-refractivity contribution in [1.29, 1.82) is 0 Å². The lowest BCUT2D eigenvalue weighted by Crippen LogP contribution is -2.15. The number of rotatable bonds is 3. The third-order valence-electron chi connectivity index (χ3n) is 2.52. The zero-order valence-corrected chi connectivity index (χ0v) is 12.4. The van der Waals surface area contributed by atoms with Crippen molar-refractivity contribution in [3.63, 3.8) is 0 Å². The van der Waals surface area contributed by atoms with E-state index in [0.717, 1.165) is 7.11 Å². The topological polar surface area (TPSA) is 68.5 Å². The van der Waals surface area contributed by atoms with Gasteiger partial charge in [-0.15, -0.1) is 0 Å². The molecule has 0 aliphatic rings. The van der Waals surface area contributed by atoms with Crippen molar-refractivity contribution in [1.82, 2.24) is 0 Å².